The topological polar surface area (TPSA) is 89.3 Å². The van der Waals surface area contributed by atoms with Crippen LogP contribution in [0.2, 0.25) is 5.02 Å². The van der Waals surface area contributed by atoms with Gasteiger partial charge in [-0.25, -0.2) is 14.8 Å². The third-order valence-corrected chi connectivity index (χ3v) is 5.92. The number of hydrogen-bond acceptors (Lipinski definition) is 7. The van der Waals surface area contributed by atoms with Crippen LogP contribution in [0.5, 0.6) is 0 Å². The molecule has 8 nitrogen and oxygen atoms in total. The Balaban J connectivity index is 1.48. The minimum Gasteiger partial charge on any atom is -0.467 e. The number of amides is 2. The molecule has 2 aromatic carbocycles. The van der Waals surface area contributed by atoms with Crippen LogP contribution in [0, 0.1) is 5.92 Å². The number of benzene rings is 2. The summed E-state index contributed by atoms with van der Waals surface area (Å²) in [5, 5.41) is 2.08. The first kappa shape index (κ1) is 21.2. The van der Waals surface area contributed by atoms with Gasteiger partial charge in [0.05, 0.1) is 29.8 Å². The van der Waals surface area contributed by atoms with Crippen LogP contribution in [-0.2, 0) is 19.2 Å². The van der Waals surface area contributed by atoms with Gasteiger partial charge < -0.3 is 9.15 Å². The number of fused-ring (bicyclic) bond motifs is 1. The number of hydrogen-bond donors (Lipinski definition) is 0. The first-order valence-corrected chi connectivity index (χ1v) is 10.8. The van der Waals surface area contributed by atoms with Gasteiger partial charge >= 0.3 is 5.97 Å². The number of hydroxylamine groups is 1. The van der Waals surface area contributed by atoms with Gasteiger partial charge in [0.1, 0.15) is 17.7 Å². The van der Waals surface area contributed by atoms with E-state index in [4.69, 9.17) is 25.6 Å². The molecule has 3 aromatic rings. The summed E-state index contributed by atoms with van der Waals surface area (Å²) in [6, 6.07) is 15.9. The molecule has 0 aliphatic carbocycles. The SMILES string of the molecule is CCOC(=O)c1ccc(N2C(=O)[C@@H]3[C@H](ON(c4ccc(Cl)cc4)[C@H]3c3ccco3)C2=O)cc1. The molecule has 168 valence electrons. The Bertz CT molecular complexity index is 1190. The van der Waals surface area contributed by atoms with E-state index in [9.17, 15) is 14.4 Å². The van der Waals surface area contributed by atoms with Crippen LogP contribution in [0.4, 0.5) is 11.4 Å². The molecule has 2 fully saturated rings. The van der Waals surface area contributed by atoms with Gasteiger partial charge in [0.25, 0.3) is 5.91 Å². The molecule has 3 atom stereocenters. The monoisotopic (exact) mass is 466 g/mol. The van der Waals surface area contributed by atoms with E-state index in [1.807, 2.05) is 0 Å². The van der Waals surface area contributed by atoms with Crippen LogP contribution in [-0.4, -0.2) is 30.5 Å². The average molecular weight is 467 g/mol. The number of halogens is 1. The predicted octanol–water partition coefficient (Wildman–Crippen LogP) is 4.16. The average Bonchev–Trinajstić information content (AvgIpc) is 3.52. The van der Waals surface area contributed by atoms with Crippen molar-refractivity contribution in [3.8, 4) is 0 Å². The maximum Gasteiger partial charge on any atom is 0.338 e. The molecule has 2 saturated heterocycles. The lowest BCUT2D eigenvalue weighted by Gasteiger charge is -2.27. The number of nitrogens with zero attached hydrogens (tertiary/aromatic N) is 2. The molecule has 2 aliphatic heterocycles. The number of furan rings is 1. The van der Waals surface area contributed by atoms with E-state index in [1.54, 1.807) is 55.5 Å². The van der Waals surface area contributed by atoms with Crippen molar-refractivity contribution in [3.05, 3.63) is 83.3 Å². The Hall–Kier alpha value is -3.62. The molecule has 2 amide bonds. The van der Waals surface area contributed by atoms with Crippen LogP contribution in [0.25, 0.3) is 0 Å². The summed E-state index contributed by atoms with van der Waals surface area (Å²) in [7, 11) is 0. The summed E-state index contributed by atoms with van der Waals surface area (Å²) in [6.45, 7) is 1.97. The van der Waals surface area contributed by atoms with E-state index in [2.05, 4.69) is 0 Å². The number of ether oxygens (including phenoxy) is 1. The molecule has 3 heterocycles. The smallest absolute Gasteiger partial charge is 0.338 e. The standard InChI is InChI=1S/C24H19ClN2O6/c1-2-31-24(30)14-5-9-16(10-6-14)26-22(28)19-20(18-4-3-13-32-18)27(33-21(19)23(26)29)17-11-7-15(25)8-12-17/h3-13,19-21H,2H2,1H3/t19-,20-,21-/m0/s1. The van der Waals surface area contributed by atoms with E-state index in [0.29, 0.717) is 27.7 Å². The number of imide groups is 1. The molecule has 0 radical (unpaired) electrons. The summed E-state index contributed by atoms with van der Waals surface area (Å²) in [4.78, 5) is 45.8. The molecule has 0 spiro atoms. The molecule has 0 saturated carbocycles. The zero-order chi connectivity index (χ0) is 23.1. The fourth-order valence-electron chi connectivity index (χ4n) is 4.19. The van der Waals surface area contributed by atoms with Crippen molar-refractivity contribution in [2.45, 2.75) is 19.1 Å². The third kappa shape index (κ3) is 3.57. The number of carbonyl (C=O) groups is 3. The maximum absolute atomic E-state index is 13.5. The van der Waals surface area contributed by atoms with Crippen LogP contribution < -0.4 is 9.96 Å². The van der Waals surface area contributed by atoms with Gasteiger partial charge in [-0.2, -0.15) is 0 Å². The molecule has 5 rings (SSSR count). The highest BCUT2D eigenvalue weighted by Gasteiger charge is 2.61. The molecule has 2 aliphatic rings. The highest BCUT2D eigenvalue weighted by molar-refractivity contribution is 6.30. The first-order valence-electron chi connectivity index (χ1n) is 10.4. The highest BCUT2D eigenvalue weighted by atomic mass is 35.5. The van der Waals surface area contributed by atoms with E-state index in [1.165, 1.54) is 23.5 Å². The Labute approximate surface area is 194 Å². The molecule has 1 aromatic heterocycles. The van der Waals surface area contributed by atoms with Crippen molar-refractivity contribution in [1.29, 1.82) is 0 Å². The largest absolute Gasteiger partial charge is 0.467 e. The molecule has 0 N–H and O–H groups in total. The van der Waals surface area contributed by atoms with E-state index in [0.717, 1.165) is 4.90 Å². The van der Waals surface area contributed by atoms with E-state index >= 15 is 0 Å². The minimum absolute atomic E-state index is 0.253. The highest BCUT2D eigenvalue weighted by Crippen LogP contribution is 2.47. The molecule has 0 bridgehead atoms. The summed E-state index contributed by atoms with van der Waals surface area (Å²) in [5.74, 6) is -1.68. The number of esters is 1. The van der Waals surface area contributed by atoms with Gasteiger partial charge in [0.2, 0.25) is 5.91 Å². The number of anilines is 2. The van der Waals surface area contributed by atoms with Crippen molar-refractivity contribution in [3.63, 3.8) is 0 Å². The van der Waals surface area contributed by atoms with Crippen LogP contribution in [0.1, 0.15) is 29.1 Å². The van der Waals surface area contributed by atoms with E-state index < -0.39 is 35.8 Å². The Morgan fingerprint density at radius 1 is 1.00 bits per heavy atom. The molecular formula is C24H19ClN2O6. The normalized spacial score (nSPS) is 22.1. The van der Waals surface area contributed by atoms with Gasteiger partial charge in [0, 0.05) is 5.02 Å². The quantitative estimate of drug-likeness (QED) is 0.412. The zero-order valence-electron chi connectivity index (χ0n) is 17.5. The molecular weight excluding hydrogens is 448 g/mol. The Morgan fingerprint density at radius 2 is 1.70 bits per heavy atom. The van der Waals surface area contributed by atoms with Gasteiger partial charge in [-0.05, 0) is 67.6 Å². The first-order chi connectivity index (χ1) is 16.0. The summed E-state index contributed by atoms with van der Waals surface area (Å²) in [5.41, 5.74) is 1.33. The van der Waals surface area contributed by atoms with Crippen LogP contribution in [0.3, 0.4) is 0 Å². The fourth-order valence-corrected chi connectivity index (χ4v) is 4.32. The zero-order valence-corrected chi connectivity index (χ0v) is 18.3. The van der Waals surface area contributed by atoms with Crippen LogP contribution in [0.15, 0.2) is 71.3 Å². The second-order valence-electron chi connectivity index (χ2n) is 7.59. The predicted molar refractivity (Wildman–Crippen MR) is 119 cm³/mol. The summed E-state index contributed by atoms with van der Waals surface area (Å²) < 4.78 is 10.6. The second kappa shape index (κ2) is 8.38. The summed E-state index contributed by atoms with van der Waals surface area (Å²) >= 11 is 6.01. The fraction of sp³-hybridized carbons (Fsp3) is 0.208. The minimum atomic E-state index is -1.02. The van der Waals surface area contributed by atoms with Gasteiger partial charge in [-0.1, -0.05) is 11.6 Å². The summed E-state index contributed by atoms with van der Waals surface area (Å²) in [6.07, 6.45) is 0.489. The van der Waals surface area contributed by atoms with Crippen molar-refractivity contribution >= 4 is 40.8 Å². The van der Waals surface area contributed by atoms with Crippen LogP contribution >= 0.6 is 11.6 Å². The number of rotatable bonds is 5. The third-order valence-electron chi connectivity index (χ3n) is 5.67. The lowest BCUT2D eigenvalue weighted by Crippen LogP contribution is -2.37. The lowest BCUT2D eigenvalue weighted by molar-refractivity contribution is -0.126. The Kier molecular flexibility index (Phi) is 5.39. The molecule has 0 unspecified atom stereocenters. The van der Waals surface area contributed by atoms with Crippen molar-refractivity contribution in [2.24, 2.45) is 5.92 Å². The number of carbonyl (C=O) groups excluding carboxylic acids is 3. The van der Waals surface area contributed by atoms with Crippen molar-refractivity contribution in [2.75, 3.05) is 16.6 Å². The lowest BCUT2D eigenvalue weighted by atomic mass is 9.94. The van der Waals surface area contributed by atoms with Gasteiger partial charge in [-0.15, -0.1) is 0 Å². The van der Waals surface area contributed by atoms with Gasteiger partial charge in [-0.3, -0.25) is 14.4 Å². The van der Waals surface area contributed by atoms with Gasteiger partial charge in [0.15, 0.2) is 6.10 Å². The van der Waals surface area contributed by atoms with Crippen molar-refractivity contribution in [1.82, 2.24) is 0 Å². The Morgan fingerprint density at radius 3 is 2.33 bits per heavy atom. The molecule has 33 heavy (non-hydrogen) atoms. The van der Waals surface area contributed by atoms with E-state index in [-0.39, 0.29) is 6.61 Å². The maximum atomic E-state index is 13.5. The van der Waals surface area contributed by atoms with Crippen molar-refractivity contribution < 1.29 is 28.4 Å². The second-order valence-corrected chi connectivity index (χ2v) is 8.03. The molecule has 9 heteroatoms.